The topological polar surface area (TPSA) is 125 Å². The molecular formula is C26H31ClN6O4S. The van der Waals surface area contributed by atoms with E-state index in [1.807, 2.05) is 18.2 Å². The molecule has 0 spiro atoms. The number of halogens is 1. The van der Waals surface area contributed by atoms with Crippen molar-refractivity contribution in [3.63, 3.8) is 0 Å². The lowest BCUT2D eigenvalue weighted by molar-refractivity contribution is 0.303. The van der Waals surface area contributed by atoms with Gasteiger partial charge >= 0.3 is 0 Å². The molecular weight excluding hydrogens is 528 g/mol. The third-order valence-electron chi connectivity index (χ3n) is 8.31. The Morgan fingerprint density at radius 2 is 1.92 bits per heavy atom. The smallest absolute Gasteiger partial charge is 0.295 e. The van der Waals surface area contributed by atoms with Crippen LogP contribution in [0.1, 0.15) is 32.1 Å². The first-order chi connectivity index (χ1) is 18.3. The second kappa shape index (κ2) is 8.90. The van der Waals surface area contributed by atoms with Crippen LogP contribution in [0.5, 0.6) is 5.75 Å². The monoisotopic (exact) mass is 558 g/mol. The molecule has 1 aromatic carbocycles. The quantitative estimate of drug-likeness (QED) is 0.357. The second-order valence-electron chi connectivity index (χ2n) is 10.9. The molecule has 3 fully saturated rings. The van der Waals surface area contributed by atoms with Gasteiger partial charge in [-0.2, -0.15) is 15.6 Å². The molecule has 2 saturated heterocycles. The maximum atomic E-state index is 13.1. The van der Waals surface area contributed by atoms with E-state index in [0.717, 1.165) is 41.5 Å². The first-order valence-electron chi connectivity index (χ1n) is 13.1. The zero-order chi connectivity index (χ0) is 26.2. The van der Waals surface area contributed by atoms with Crippen LogP contribution in [0, 0.1) is 5.92 Å². The number of nitrogens with one attached hydrogen (secondary N) is 2. The molecule has 4 aliphatic rings. The van der Waals surface area contributed by atoms with Crippen molar-refractivity contribution in [2.24, 2.45) is 13.0 Å². The summed E-state index contributed by atoms with van der Waals surface area (Å²) in [4.78, 5) is 24.5. The van der Waals surface area contributed by atoms with Crippen LogP contribution in [0.15, 0.2) is 29.2 Å². The Hall–Kier alpha value is -2.73. The van der Waals surface area contributed by atoms with Gasteiger partial charge < -0.3 is 24.8 Å². The van der Waals surface area contributed by atoms with E-state index in [9.17, 15) is 13.9 Å². The Morgan fingerprint density at radius 3 is 2.66 bits per heavy atom. The molecule has 7 rings (SSSR count). The number of nitrogens with zero attached hydrogens (tertiary/aromatic N) is 4. The molecule has 5 heterocycles. The van der Waals surface area contributed by atoms with Gasteiger partial charge in [-0.25, -0.2) is 4.98 Å². The summed E-state index contributed by atoms with van der Waals surface area (Å²) in [6.45, 7) is 0.521. The summed E-state index contributed by atoms with van der Waals surface area (Å²) < 4.78 is 28.2. The number of ether oxygens (including phenoxy) is 1. The summed E-state index contributed by atoms with van der Waals surface area (Å²) in [5.74, 6) is 2.71. The van der Waals surface area contributed by atoms with Crippen LogP contribution >= 0.6 is 22.2 Å². The minimum Gasteiger partial charge on any atom is -0.486 e. The van der Waals surface area contributed by atoms with Crippen molar-refractivity contribution >= 4 is 56.2 Å². The molecule has 0 amide bonds. The molecule has 1 saturated carbocycles. The summed E-state index contributed by atoms with van der Waals surface area (Å²) in [7, 11) is -0.785. The van der Waals surface area contributed by atoms with Gasteiger partial charge in [0.25, 0.3) is 5.56 Å². The lowest BCUT2D eigenvalue weighted by atomic mass is 10.1. The largest absolute Gasteiger partial charge is 0.486 e. The van der Waals surface area contributed by atoms with E-state index in [-0.39, 0.29) is 17.6 Å². The SMILES string of the molecule is Cn1c(=O)c2c(c3cc(Nc4nc(N5C6CCC5CS(O)(O)C6)ncc4Cl)ccc31)NC(C1CC1)CCO2. The average Bonchev–Trinajstić information content (AvgIpc) is 3.70. The number of hydrogen-bond donors (Lipinski definition) is 4. The lowest BCUT2D eigenvalue weighted by Crippen LogP contribution is -2.48. The van der Waals surface area contributed by atoms with Crippen LogP contribution < -0.4 is 25.8 Å². The van der Waals surface area contributed by atoms with Crippen molar-refractivity contribution < 1.29 is 13.8 Å². The molecule has 0 radical (unpaired) electrons. The maximum absolute atomic E-state index is 13.1. The minimum atomic E-state index is -2.55. The van der Waals surface area contributed by atoms with Crippen LogP contribution in [-0.2, 0) is 7.05 Å². The van der Waals surface area contributed by atoms with Gasteiger partial charge in [0.05, 0.1) is 35.5 Å². The predicted molar refractivity (Wildman–Crippen MR) is 152 cm³/mol. The molecule has 2 bridgehead atoms. The zero-order valence-electron chi connectivity index (χ0n) is 21.1. The molecule has 2 aromatic heterocycles. The fourth-order valence-corrected chi connectivity index (χ4v) is 8.44. The van der Waals surface area contributed by atoms with E-state index in [0.29, 0.717) is 52.6 Å². The van der Waals surface area contributed by atoms with Crippen LogP contribution in [0.3, 0.4) is 0 Å². The highest BCUT2D eigenvalue weighted by Crippen LogP contribution is 2.51. The molecule has 12 heteroatoms. The third kappa shape index (κ3) is 4.16. The van der Waals surface area contributed by atoms with Crippen molar-refractivity contribution in [3.8, 4) is 5.75 Å². The Labute approximate surface area is 226 Å². The molecule has 38 heavy (non-hydrogen) atoms. The lowest BCUT2D eigenvalue weighted by Gasteiger charge is -2.46. The van der Waals surface area contributed by atoms with Gasteiger partial charge in [-0.3, -0.25) is 13.9 Å². The van der Waals surface area contributed by atoms with Crippen molar-refractivity contribution in [1.29, 1.82) is 0 Å². The fraction of sp³-hybridized carbons (Fsp3) is 0.500. The van der Waals surface area contributed by atoms with Crippen molar-refractivity contribution in [2.45, 2.75) is 50.2 Å². The normalized spacial score (nSPS) is 26.7. The molecule has 3 unspecified atom stereocenters. The van der Waals surface area contributed by atoms with Gasteiger partial charge in [-0.05, 0) is 49.8 Å². The zero-order valence-corrected chi connectivity index (χ0v) is 22.6. The molecule has 3 aromatic rings. The Kier molecular flexibility index (Phi) is 5.70. The van der Waals surface area contributed by atoms with Crippen LogP contribution in [-0.4, -0.2) is 59.9 Å². The number of anilines is 4. The van der Waals surface area contributed by atoms with Gasteiger partial charge in [-0.15, -0.1) is 0 Å². The first-order valence-corrected chi connectivity index (χ1v) is 15.4. The number of pyridine rings is 1. The average molecular weight is 559 g/mol. The van der Waals surface area contributed by atoms with Gasteiger partial charge in [0.15, 0.2) is 5.82 Å². The standard InChI is InChI=1S/C26H31ClN6O4S/c1-32-21-7-4-15(10-18(21)22-23(25(32)34)37-9-8-20(30-22)14-2-3-14)29-24-19(27)11-28-26(31-24)33-16-5-6-17(33)13-38(35,36)12-16/h4,7,10-11,14,16-17,20,30,35-36H,2-3,5-6,8-9,12-13H2,1H3,(H,28,29,31). The number of hydrogen-bond acceptors (Lipinski definition) is 9. The molecule has 3 aliphatic heterocycles. The second-order valence-corrected chi connectivity index (χ2v) is 13.6. The van der Waals surface area contributed by atoms with E-state index < -0.39 is 10.6 Å². The summed E-state index contributed by atoms with van der Waals surface area (Å²) in [5, 5.41) is 8.28. The molecule has 1 aliphatic carbocycles. The highest BCUT2D eigenvalue weighted by atomic mass is 35.5. The Balaban J connectivity index is 1.24. The van der Waals surface area contributed by atoms with E-state index in [1.165, 1.54) is 12.8 Å². The summed E-state index contributed by atoms with van der Waals surface area (Å²) in [5.41, 5.74) is 2.19. The van der Waals surface area contributed by atoms with Gasteiger partial charge in [0, 0.05) is 42.7 Å². The minimum absolute atomic E-state index is 0.00989. The molecule has 3 atom stereocenters. The van der Waals surface area contributed by atoms with E-state index in [4.69, 9.17) is 21.3 Å². The van der Waals surface area contributed by atoms with Crippen molar-refractivity contribution in [2.75, 3.05) is 33.6 Å². The highest BCUT2D eigenvalue weighted by Gasteiger charge is 2.44. The number of aromatic nitrogens is 3. The number of rotatable bonds is 4. The third-order valence-corrected chi connectivity index (χ3v) is 10.4. The maximum Gasteiger partial charge on any atom is 0.295 e. The Bertz CT molecular complexity index is 1480. The highest BCUT2D eigenvalue weighted by molar-refractivity contribution is 8.24. The van der Waals surface area contributed by atoms with E-state index >= 15 is 0 Å². The number of benzene rings is 1. The molecule has 4 N–H and O–H groups in total. The van der Waals surface area contributed by atoms with Gasteiger partial charge in [0.2, 0.25) is 11.7 Å². The van der Waals surface area contributed by atoms with Crippen LogP contribution in [0.2, 0.25) is 5.02 Å². The summed E-state index contributed by atoms with van der Waals surface area (Å²) >= 11 is 6.52. The van der Waals surface area contributed by atoms with E-state index in [1.54, 1.807) is 17.8 Å². The van der Waals surface area contributed by atoms with Crippen molar-refractivity contribution in [1.82, 2.24) is 14.5 Å². The van der Waals surface area contributed by atoms with Crippen LogP contribution in [0.25, 0.3) is 10.9 Å². The molecule has 10 nitrogen and oxygen atoms in total. The van der Waals surface area contributed by atoms with Gasteiger partial charge in [0.1, 0.15) is 5.02 Å². The van der Waals surface area contributed by atoms with Crippen LogP contribution in [0.4, 0.5) is 23.1 Å². The first kappa shape index (κ1) is 24.3. The summed E-state index contributed by atoms with van der Waals surface area (Å²) in [6, 6.07) is 6.13. The number of fused-ring (bicyclic) bond motifs is 5. The molecule has 202 valence electrons. The Morgan fingerprint density at radius 1 is 1.16 bits per heavy atom. The van der Waals surface area contributed by atoms with Gasteiger partial charge in [-0.1, -0.05) is 11.6 Å². The predicted octanol–water partition coefficient (Wildman–Crippen LogP) is 4.80. The fourth-order valence-electron chi connectivity index (χ4n) is 6.28. The number of aryl methyl sites for hydroxylation is 1. The van der Waals surface area contributed by atoms with E-state index in [2.05, 4.69) is 20.5 Å². The van der Waals surface area contributed by atoms with Crippen molar-refractivity contribution in [3.05, 3.63) is 39.8 Å². The summed E-state index contributed by atoms with van der Waals surface area (Å²) in [6.07, 6.45) is 6.64.